The molecular formula is C12H25NS2. The van der Waals surface area contributed by atoms with E-state index < -0.39 is 0 Å². The molecule has 0 amide bonds. The molecule has 1 aliphatic heterocycles. The maximum atomic E-state index is 4.47. The summed E-state index contributed by atoms with van der Waals surface area (Å²) in [6, 6.07) is 0. The second-order valence-electron chi connectivity index (χ2n) is 4.85. The normalized spacial score (nSPS) is 25.8. The molecule has 0 bridgehead atoms. The lowest BCUT2D eigenvalue weighted by Crippen LogP contribution is -2.41. The molecule has 2 unspecified atom stereocenters. The van der Waals surface area contributed by atoms with Crippen molar-refractivity contribution >= 4 is 24.4 Å². The van der Waals surface area contributed by atoms with Crippen molar-refractivity contribution in [2.75, 3.05) is 31.1 Å². The Morgan fingerprint density at radius 2 is 2.20 bits per heavy atom. The molecule has 1 heterocycles. The number of hydrogen-bond acceptors (Lipinski definition) is 3. The van der Waals surface area contributed by atoms with Crippen LogP contribution < -0.4 is 0 Å². The molecule has 3 heteroatoms. The Bertz CT molecular complexity index is 173. The Kier molecular flexibility index (Phi) is 6.48. The van der Waals surface area contributed by atoms with E-state index in [0.717, 1.165) is 22.8 Å². The first kappa shape index (κ1) is 13.7. The zero-order valence-electron chi connectivity index (χ0n) is 10.3. The molecule has 1 fully saturated rings. The lowest BCUT2D eigenvalue weighted by Gasteiger charge is -2.35. The second-order valence-corrected chi connectivity index (χ2v) is 6.62. The zero-order valence-corrected chi connectivity index (χ0v) is 12.0. The van der Waals surface area contributed by atoms with Crippen LogP contribution in [-0.2, 0) is 0 Å². The molecule has 1 saturated heterocycles. The van der Waals surface area contributed by atoms with Crippen molar-refractivity contribution < 1.29 is 0 Å². The van der Waals surface area contributed by atoms with E-state index in [1.54, 1.807) is 0 Å². The average Bonchev–Trinajstić information content (AvgIpc) is 2.25. The Morgan fingerprint density at radius 1 is 1.47 bits per heavy atom. The molecule has 2 atom stereocenters. The summed E-state index contributed by atoms with van der Waals surface area (Å²) < 4.78 is 0. The maximum absolute atomic E-state index is 4.47. The van der Waals surface area contributed by atoms with Crippen molar-refractivity contribution in [2.24, 2.45) is 11.8 Å². The van der Waals surface area contributed by atoms with Gasteiger partial charge >= 0.3 is 0 Å². The lowest BCUT2D eigenvalue weighted by atomic mass is 9.97. The van der Waals surface area contributed by atoms with Crippen molar-refractivity contribution in [3.05, 3.63) is 0 Å². The molecule has 0 aromatic heterocycles. The molecule has 0 saturated carbocycles. The molecule has 0 aromatic carbocycles. The van der Waals surface area contributed by atoms with Gasteiger partial charge in [0.2, 0.25) is 0 Å². The fraction of sp³-hybridized carbons (Fsp3) is 1.00. The van der Waals surface area contributed by atoms with Gasteiger partial charge in [-0.15, -0.1) is 0 Å². The summed E-state index contributed by atoms with van der Waals surface area (Å²) in [6.45, 7) is 10.8. The maximum Gasteiger partial charge on any atom is 0.0172 e. The van der Waals surface area contributed by atoms with Crippen LogP contribution in [0.4, 0.5) is 0 Å². The minimum atomic E-state index is 0.758. The lowest BCUT2D eigenvalue weighted by molar-refractivity contribution is 0.219. The largest absolute Gasteiger partial charge is 0.301 e. The van der Waals surface area contributed by atoms with E-state index in [4.69, 9.17) is 0 Å². The third-order valence-corrected chi connectivity index (χ3v) is 5.19. The van der Waals surface area contributed by atoms with E-state index in [0.29, 0.717) is 0 Å². The van der Waals surface area contributed by atoms with Gasteiger partial charge in [0.05, 0.1) is 0 Å². The van der Waals surface area contributed by atoms with Gasteiger partial charge < -0.3 is 4.90 Å². The molecule has 0 N–H and O–H groups in total. The van der Waals surface area contributed by atoms with Crippen molar-refractivity contribution in [1.82, 2.24) is 4.90 Å². The molecule has 1 aliphatic rings. The number of thiol groups is 1. The fourth-order valence-corrected chi connectivity index (χ4v) is 3.79. The Hall–Kier alpha value is 0.660. The minimum Gasteiger partial charge on any atom is -0.301 e. The van der Waals surface area contributed by atoms with Gasteiger partial charge in [0.1, 0.15) is 0 Å². The van der Waals surface area contributed by atoms with Gasteiger partial charge in [-0.1, -0.05) is 20.8 Å². The summed E-state index contributed by atoms with van der Waals surface area (Å²) in [7, 11) is 0. The molecule has 1 nitrogen and oxygen atoms in total. The third-order valence-electron chi connectivity index (χ3n) is 3.35. The number of rotatable bonds is 5. The van der Waals surface area contributed by atoms with Crippen LogP contribution in [0.1, 0.15) is 27.2 Å². The van der Waals surface area contributed by atoms with E-state index in [9.17, 15) is 0 Å². The highest BCUT2D eigenvalue weighted by Crippen LogP contribution is 2.23. The van der Waals surface area contributed by atoms with Crippen LogP contribution in [0, 0.1) is 11.8 Å². The summed E-state index contributed by atoms with van der Waals surface area (Å²) >= 11 is 6.62. The first-order valence-electron chi connectivity index (χ1n) is 6.12. The number of thioether (sulfide) groups is 1. The highest BCUT2D eigenvalue weighted by molar-refractivity contribution is 8.00. The third kappa shape index (κ3) is 4.58. The van der Waals surface area contributed by atoms with Crippen LogP contribution >= 0.6 is 24.4 Å². The van der Waals surface area contributed by atoms with Gasteiger partial charge in [-0.05, 0) is 24.0 Å². The molecule has 0 aromatic rings. The zero-order chi connectivity index (χ0) is 11.3. The van der Waals surface area contributed by atoms with Crippen LogP contribution in [0.5, 0.6) is 0 Å². The Morgan fingerprint density at radius 3 is 2.73 bits per heavy atom. The topological polar surface area (TPSA) is 3.24 Å². The van der Waals surface area contributed by atoms with E-state index in [1.807, 2.05) is 0 Å². The van der Waals surface area contributed by atoms with Crippen LogP contribution in [-0.4, -0.2) is 41.3 Å². The molecule has 0 radical (unpaired) electrons. The van der Waals surface area contributed by atoms with E-state index in [1.165, 1.54) is 31.8 Å². The molecule has 0 aliphatic carbocycles. The monoisotopic (exact) mass is 247 g/mol. The molecule has 1 rings (SSSR count). The molecule has 15 heavy (non-hydrogen) atoms. The predicted octanol–water partition coefficient (Wildman–Crippen LogP) is 3.02. The van der Waals surface area contributed by atoms with Crippen LogP contribution in [0.25, 0.3) is 0 Å². The van der Waals surface area contributed by atoms with Crippen LogP contribution in [0.3, 0.4) is 0 Å². The SMILES string of the molecule is CCC1CN(CC(CS)C(C)C)CCS1. The van der Waals surface area contributed by atoms with Gasteiger partial charge in [-0.25, -0.2) is 0 Å². The molecule has 90 valence electrons. The smallest absolute Gasteiger partial charge is 0.0172 e. The van der Waals surface area contributed by atoms with Crippen LogP contribution in [0.2, 0.25) is 0 Å². The summed E-state index contributed by atoms with van der Waals surface area (Å²) in [5.41, 5.74) is 0. The highest BCUT2D eigenvalue weighted by Gasteiger charge is 2.22. The van der Waals surface area contributed by atoms with E-state index in [-0.39, 0.29) is 0 Å². The second kappa shape index (κ2) is 7.08. The van der Waals surface area contributed by atoms with Gasteiger partial charge in [0.25, 0.3) is 0 Å². The number of hydrogen-bond donors (Lipinski definition) is 1. The van der Waals surface area contributed by atoms with Gasteiger partial charge in [0.15, 0.2) is 0 Å². The summed E-state index contributed by atoms with van der Waals surface area (Å²) in [4.78, 5) is 2.64. The Labute approximate surface area is 105 Å². The van der Waals surface area contributed by atoms with Gasteiger partial charge in [-0.3, -0.25) is 0 Å². The van der Waals surface area contributed by atoms with Crippen molar-refractivity contribution in [1.29, 1.82) is 0 Å². The van der Waals surface area contributed by atoms with Crippen molar-refractivity contribution in [3.8, 4) is 0 Å². The summed E-state index contributed by atoms with van der Waals surface area (Å²) in [6.07, 6.45) is 1.31. The molecule has 0 spiro atoms. The Balaban J connectivity index is 2.36. The minimum absolute atomic E-state index is 0.758. The fourth-order valence-electron chi connectivity index (χ4n) is 2.00. The highest BCUT2D eigenvalue weighted by atomic mass is 32.2. The van der Waals surface area contributed by atoms with Gasteiger partial charge in [0, 0.05) is 30.6 Å². The van der Waals surface area contributed by atoms with Crippen molar-refractivity contribution in [2.45, 2.75) is 32.4 Å². The summed E-state index contributed by atoms with van der Waals surface area (Å²) in [5.74, 6) is 3.86. The van der Waals surface area contributed by atoms with Crippen LogP contribution in [0.15, 0.2) is 0 Å². The van der Waals surface area contributed by atoms with E-state index in [2.05, 4.69) is 50.1 Å². The quantitative estimate of drug-likeness (QED) is 0.744. The molecular weight excluding hydrogens is 222 g/mol. The van der Waals surface area contributed by atoms with E-state index >= 15 is 0 Å². The predicted molar refractivity (Wildman–Crippen MR) is 75.2 cm³/mol. The number of nitrogens with zero attached hydrogens (tertiary/aromatic N) is 1. The average molecular weight is 247 g/mol. The summed E-state index contributed by atoms with van der Waals surface area (Å²) in [5, 5.41) is 0.867. The standard InChI is InChI=1S/C12H25NS2/c1-4-12-8-13(5-6-15-12)7-11(9-14)10(2)3/h10-12,14H,4-9H2,1-3H3. The first-order valence-corrected chi connectivity index (χ1v) is 7.80. The van der Waals surface area contributed by atoms with Gasteiger partial charge in [-0.2, -0.15) is 24.4 Å². The van der Waals surface area contributed by atoms with Crippen molar-refractivity contribution in [3.63, 3.8) is 0 Å². The first-order chi connectivity index (χ1) is 7.17.